The predicted octanol–water partition coefficient (Wildman–Crippen LogP) is 1.51. The number of aromatic nitrogens is 1. The molecule has 1 atom stereocenters. The molecule has 1 aromatic heterocycles. The van der Waals surface area contributed by atoms with Crippen LogP contribution in [0.1, 0.15) is 23.0 Å². The van der Waals surface area contributed by atoms with Crippen LogP contribution in [0.5, 0.6) is 0 Å². The molecule has 6 nitrogen and oxygen atoms in total. The van der Waals surface area contributed by atoms with Crippen LogP contribution in [0.3, 0.4) is 0 Å². The number of halogens is 1. The molecule has 1 heterocycles. The number of ether oxygens (including phenoxy) is 1. The monoisotopic (exact) mass is 494 g/mol. The maximum absolute atomic E-state index is 13.0. The first-order valence-corrected chi connectivity index (χ1v) is 11.4. The second-order valence-electron chi connectivity index (χ2n) is 7.11. The molecule has 2 aromatic rings. The number of benzene rings is 1. The summed E-state index contributed by atoms with van der Waals surface area (Å²) in [4.78, 5) is 28.6. The number of ketones is 1. The number of carbonyl (C=O) groups excluding carboxylic acids is 2. The molecule has 1 aliphatic rings. The van der Waals surface area contributed by atoms with E-state index < -0.39 is 4.83 Å². The third-order valence-electron chi connectivity index (χ3n) is 4.79. The highest BCUT2D eigenvalue weighted by Gasteiger charge is 2.30. The first-order valence-electron chi connectivity index (χ1n) is 9.45. The van der Waals surface area contributed by atoms with E-state index in [2.05, 4.69) is 15.9 Å². The first-order chi connectivity index (χ1) is 13.8. The lowest BCUT2D eigenvalue weighted by Crippen LogP contribution is -2.43. The summed E-state index contributed by atoms with van der Waals surface area (Å²) in [5, 5.41) is 1.60. The van der Waals surface area contributed by atoms with Gasteiger partial charge in [-0.1, -0.05) is 34.1 Å². The van der Waals surface area contributed by atoms with Crippen LogP contribution in [0.2, 0.25) is 0 Å². The molecule has 0 amide bonds. The zero-order valence-corrected chi connectivity index (χ0v) is 20.0. The number of thioether (sulfide) groups is 1. The molecular formula is C22H27BrN2O4S. The molecule has 0 bridgehead atoms. The molecule has 8 heteroatoms. The maximum Gasteiger partial charge on any atom is 0.340 e. The lowest BCUT2D eigenvalue weighted by atomic mass is 9.98. The van der Waals surface area contributed by atoms with E-state index >= 15 is 0 Å². The minimum Gasteiger partial charge on any atom is -0.462 e. The second-order valence-corrected chi connectivity index (χ2v) is 9.15. The molecular weight excluding hydrogens is 468 g/mol. The van der Waals surface area contributed by atoms with E-state index in [1.165, 1.54) is 0 Å². The summed E-state index contributed by atoms with van der Waals surface area (Å²) in [6.45, 7) is 2.54. The van der Waals surface area contributed by atoms with Gasteiger partial charge in [0.05, 0.1) is 17.0 Å². The largest absolute Gasteiger partial charge is 0.462 e. The number of hydrogen-bond donors (Lipinski definition) is 0. The lowest BCUT2D eigenvalue weighted by Gasteiger charge is -2.17. The van der Waals surface area contributed by atoms with Gasteiger partial charge in [0, 0.05) is 46.1 Å². The Bertz CT molecular complexity index is 1050. The Balaban J connectivity index is 0.00000320. The van der Waals surface area contributed by atoms with E-state index in [0.717, 1.165) is 15.9 Å². The van der Waals surface area contributed by atoms with Crippen molar-refractivity contribution >= 4 is 51.1 Å². The minimum absolute atomic E-state index is 0. The quantitative estimate of drug-likeness (QED) is 0.331. The fourth-order valence-corrected chi connectivity index (χ4v) is 5.01. The first kappa shape index (κ1) is 24.4. The third-order valence-corrected chi connectivity index (χ3v) is 6.49. The lowest BCUT2D eigenvalue weighted by molar-refractivity contribution is -0.112. The molecule has 162 valence electrons. The standard InChI is InChI=1S/C22H25BrN2O3S.H2O/c1-5-28-22(27)20-18(13-29-14-9-7-6-8-10-14)25(4)17-11-16(23)21(26)15(19(17)20)12-24(2)3;/h6-11,16H,5,12-13H2,1-4H3;1H2. The molecule has 30 heavy (non-hydrogen) atoms. The van der Waals surface area contributed by atoms with E-state index in [-0.39, 0.29) is 23.8 Å². The Kier molecular flexibility index (Phi) is 8.49. The summed E-state index contributed by atoms with van der Waals surface area (Å²) in [5.41, 5.74) is 2.02. The number of nitrogens with zero attached hydrogens (tertiary/aromatic N) is 2. The van der Waals surface area contributed by atoms with Crippen LogP contribution >= 0.6 is 27.7 Å². The fraction of sp³-hybridized carbons (Fsp3) is 0.364. The molecule has 1 unspecified atom stereocenters. The van der Waals surface area contributed by atoms with Crippen molar-refractivity contribution in [3.05, 3.63) is 52.2 Å². The molecule has 0 fully saturated rings. The van der Waals surface area contributed by atoms with Gasteiger partial charge in [0.2, 0.25) is 0 Å². The SMILES string of the molecule is CCOC(=O)c1c(CSc2ccccc2)n(C)c2c1=C(CN(C)C)C(=O)C(Br)C=2.O. The summed E-state index contributed by atoms with van der Waals surface area (Å²) < 4.78 is 7.41. The normalized spacial score (nSPS) is 15.5. The maximum atomic E-state index is 13.0. The summed E-state index contributed by atoms with van der Waals surface area (Å²) in [6, 6.07) is 10.1. The van der Waals surface area contributed by atoms with Crippen LogP contribution in [-0.2, 0) is 22.3 Å². The van der Waals surface area contributed by atoms with Gasteiger partial charge in [-0.15, -0.1) is 11.8 Å². The number of alkyl halides is 1. The smallest absolute Gasteiger partial charge is 0.340 e. The van der Waals surface area contributed by atoms with Crippen LogP contribution in [0.15, 0.2) is 35.2 Å². The summed E-state index contributed by atoms with van der Waals surface area (Å²) in [5.74, 6) is 0.217. The van der Waals surface area contributed by atoms with Crippen LogP contribution in [-0.4, -0.2) is 58.8 Å². The van der Waals surface area contributed by atoms with Gasteiger partial charge in [-0.2, -0.15) is 0 Å². The topological polar surface area (TPSA) is 83.0 Å². The molecule has 0 radical (unpaired) electrons. The van der Waals surface area contributed by atoms with Crippen molar-refractivity contribution in [2.75, 3.05) is 27.2 Å². The Morgan fingerprint density at radius 3 is 2.53 bits per heavy atom. The van der Waals surface area contributed by atoms with Gasteiger partial charge in [0.15, 0.2) is 5.78 Å². The molecule has 0 saturated carbocycles. The highest BCUT2D eigenvalue weighted by Crippen LogP contribution is 2.24. The summed E-state index contributed by atoms with van der Waals surface area (Å²) in [6.07, 6.45) is 1.89. The van der Waals surface area contributed by atoms with Crippen LogP contribution in [0, 0.1) is 0 Å². The highest BCUT2D eigenvalue weighted by molar-refractivity contribution is 9.10. The van der Waals surface area contributed by atoms with Crippen molar-refractivity contribution in [2.24, 2.45) is 7.05 Å². The van der Waals surface area contributed by atoms with Crippen molar-refractivity contribution in [3.63, 3.8) is 0 Å². The predicted molar refractivity (Wildman–Crippen MR) is 124 cm³/mol. The molecule has 2 N–H and O–H groups in total. The van der Waals surface area contributed by atoms with Gasteiger partial charge in [-0.25, -0.2) is 4.79 Å². The Hall–Kier alpha value is -1.87. The van der Waals surface area contributed by atoms with Crippen LogP contribution in [0.4, 0.5) is 0 Å². The molecule has 1 aromatic carbocycles. The van der Waals surface area contributed by atoms with E-state index in [4.69, 9.17) is 4.74 Å². The minimum atomic E-state index is -0.400. The zero-order chi connectivity index (χ0) is 21.1. The average molecular weight is 495 g/mol. The number of hydrogen-bond acceptors (Lipinski definition) is 5. The van der Waals surface area contributed by atoms with Gasteiger partial charge in [0.1, 0.15) is 0 Å². The fourth-order valence-electron chi connectivity index (χ4n) is 3.49. The van der Waals surface area contributed by atoms with Crippen molar-refractivity contribution in [1.82, 2.24) is 9.47 Å². The molecule has 0 spiro atoms. The molecule has 1 aliphatic carbocycles. The van der Waals surface area contributed by atoms with Crippen LogP contribution < -0.4 is 10.6 Å². The van der Waals surface area contributed by atoms with Crippen molar-refractivity contribution in [1.29, 1.82) is 0 Å². The number of Topliss-reactive ketones (excluding diaryl/α,β-unsaturated/α-hetero) is 1. The Labute approximate surface area is 189 Å². The number of rotatable bonds is 7. The van der Waals surface area contributed by atoms with Gasteiger partial charge >= 0.3 is 5.97 Å². The van der Waals surface area contributed by atoms with E-state index in [1.54, 1.807) is 18.7 Å². The van der Waals surface area contributed by atoms with Crippen molar-refractivity contribution in [2.45, 2.75) is 22.4 Å². The Morgan fingerprint density at radius 1 is 1.27 bits per heavy atom. The highest BCUT2D eigenvalue weighted by atomic mass is 79.9. The average Bonchev–Trinajstić information content (AvgIpc) is 2.96. The second kappa shape index (κ2) is 10.4. The van der Waals surface area contributed by atoms with Gasteiger partial charge in [-0.3, -0.25) is 4.79 Å². The van der Waals surface area contributed by atoms with Gasteiger partial charge in [-0.05, 0) is 39.2 Å². The summed E-state index contributed by atoms with van der Waals surface area (Å²) in [7, 11) is 5.78. The summed E-state index contributed by atoms with van der Waals surface area (Å²) >= 11 is 5.14. The van der Waals surface area contributed by atoms with Crippen molar-refractivity contribution < 1.29 is 19.8 Å². The number of esters is 1. The molecule has 3 rings (SSSR count). The van der Waals surface area contributed by atoms with E-state index in [9.17, 15) is 9.59 Å². The molecule has 0 aliphatic heterocycles. The van der Waals surface area contributed by atoms with E-state index in [1.807, 2.05) is 67.0 Å². The Morgan fingerprint density at radius 2 is 1.93 bits per heavy atom. The van der Waals surface area contributed by atoms with Crippen LogP contribution in [0.25, 0.3) is 11.6 Å². The zero-order valence-electron chi connectivity index (χ0n) is 17.6. The molecule has 0 saturated heterocycles. The third kappa shape index (κ3) is 4.88. The van der Waals surface area contributed by atoms with Crippen molar-refractivity contribution in [3.8, 4) is 0 Å². The van der Waals surface area contributed by atoms with E-state index in [0.29, 0.717) is 28.7 Å². The number of carbonyl (C=O) groups is 2. The van der Waals surface area contributed by atoms with Gasteiger partial charge < -0.3 is 19.7 Å². The van der Waals surface area contributed by atoms with Gasteiger partial charge in [0.25, 0.3) is 0 Å². The number of fused-ring (bicyclic) bond motifs is 1.